The first kappa shape index (κ1) is 12.3. The number of aliphatic carboxylic acids is 1. The first-order chi connectivity index (χ1) is 7.41. The largest absolute Gasteiger partial charge is 0.481 e. The van der Waals surface area contributed by atoms with Crippen molar-refractivity contribution in [3.63, 3.8) is 0 Å². The zero-order chi connectivity index (χ0) is 12.3. The van der Waals surface area contributed by atoms with Gasteiger partial charge in [-0.05, 0) is 18.2 Å². The van der Waals surface area contributed by atoms with Gasteiger partial charge in [-0.3, -0.25) is 9.59 Å². The fourth-order valence-corrected chi connectivity index (χ4v) is 1.15. The summed E-state index contributed by atoms with van der Waals surface area (Å²) in [5, 5.41) is 8.59. The van der Waals surface area contributed by atoms with Crippen LogP contribution < -0.4 is 0 Å². The minimum Gasteiger partial charge on any atom is -0.481 e. The molecule has 1 N–H and O–H groups in total. The zero-order valence-corrected chi connectivity index (χ0v) is 8.54. The van der Waals surface area contributed by atoms with Crippen LogP contribution in [0.4, 0.5) is 8.78 Å². The third-order valence-electron chi connectivity index (χ3n) is 2.15. The number of ketones is 1. The van der Waals surface area contributed by atoms with Gasteiger partial charge in [0.15, 0.2) is 17.4 Å². The molecule has 0 bridgehead atoms. The summed E-state index contributed by atoms with van der Waals surface area (Å²) in [6.45, 7) is 1.38. The van der Waals surface area contributed by atoms with Crippen molar-refractivity contribution in [3.8, 4) is 0 Å². The summed E-state index contributed by atoms with van der Waals surface area (Å²) in [4.78, 5) is 22.0. The number of hydrogen-bond donors (Lipinski definition) is 1. The van der Waals surface area contributed by atoms with E-state index in [-0.39, 0.29) is 12.0 Å². The molecule has 0 saturated carbocycles. The van der Waals surface area contributed by atoms with Crippen LogP contribution in [0.25, 0.3) is 0 Å². The Balaban J connectivity index is 2.81. The number of carboxylic acids is 1. The lowest BCUT2D eigenvalue weighted by atomic mass is 10.00. The summed E-state index contributed by atoms with van der Waals surface area (Å²) < 4.78 is 25.4. The van der Waals surface area contributed by atoms with Crippen molar-refractivity contribution in [1.29, 1.82) is 0 Å². The van der Waals surface area contributed by atoms with Crippen LogP contribution in [0.5, 0.6) is 0 Å². The number of benzene rings is 1. The molecule has 0 saturated heterocycles. The first-order valence-corrected chi connectivity index (χ1v) is 4.63. The van der Waals surface area contributed by atoms with Crippen LogP contribution in [0.2, 0.25) is 0 Å². The predicted molar refractivity (Wildman–Crippen MR) is 52.1 cm³/mol. The molecule has 1 rings (SSSR count). The maximum atomic E-state index is 12.8. The fourth-order valence-electron chi connectivity index (χ4n) is 1.15. The van der Waals surface area contributed by atoms with Crippen molar-refractivity contribution in [1.82, 2.24) is 0 Å². The minimum absolute atomic E-state index is 0.0213. The van der Waals surface area contributed by atoms with Gasteiger partial charge in [-0.15, -0.1) is 0 Å². The molecular weight excluding hydrogens is 218 g/mol. The van der Waals surface area contributed by atoms with E-state index in [1.54, 1.807) is 0 Å². The van der Waals surface area contributed by atoms with E-state index in [0.717, 1.165) is 18.2 Å². The first-order valence-electron chi connectivity index (χ1n) is 4.63. The Hall–Kier alpha value is -1.78. The van der Waals surface area contributed by atoms with Gasteiger partial charge in [-0.1, -0.05) is 6.92 Å². The Kier molecular flexibility index (Phi) is 3.71. The topological polar surface area (TPSA) is 54.4 Å². The van der Waals surface area contributed by atoms with Crippen molar-refractivity contribution in [3.05, 3.63) is 35.4 Å². The van der Waals surface area contributed by atoms with Gasteiger partial charge in [0.25, 0.3) is 0 Å². The summed E-state index contributed by atoms with van der Waals surface area (Å²) in [5.41, 5.74) is -0.0213. The molecule has 0 spiro atoms. The molecule has 0 unspecified atom stereocenters. The van der Waals surface area contributed by atoms with Crippen molar-refractivity contribution in [2.24, 2.45) is 5.92 Å². The lowest BCUT2D eigenvalue weighted by Crippen LogP contribution is -2.14. The summed E-state index contributed by atoms with van der Waals surface area (Å²) in [6.07, 6.45) is -0.236. The van der Waals surface area contributed by atoms with Crippen LogP contribution in [0, 0.1) is 17.6 Å². The van der Waals surface area contributed by atoms with Gasteiger partial charge in [0, 0.05) is 12.0 Å². The zero-order valence-electron chi connectivity index (χ0n) is 8.54. The Bertz CT molecular complexity index is 429. The summed E-state index contributed by atoms with van der Waals surface area (Å²) in [5.74, 6) is -4.62. The minimum atomic E-state index is -1.12. The van der Waals surface area contributed by atoms with Crippen LogP contribution in [-0.2, 0) is 4.79 Å². The van der Waals surface area contributed by atoms with Crippen LogP contribution in [0.3, 0.4) is 0 Å². The Morgan fingerprint density at radius 1 is 1.31 bits per heavy atom. The number of carbonyl (C=O) groups excluding carboxylic acids is 1. The second-order valence-corrected chi connectivity index (χ2v) is 3.50. The monoisotopic (exact) mass is 228 g/mol. The molecule has 0 heterocycles. The smallest absolute Gasteiger partial charge is 0.306 e. The number of carboxylic acid groups (broad SMARTS) is 1. The second kappa shape index (κ2) is 4.83. The summed E-state index contributed by atoms with van der Waals surface area (Å²) >= 11 is 0. The fraction of sp³-hybridized carbons (Fsp3) is 0.273. The van der Waals surface area contributed by atoms with Crippen molar-refractivity contribution < 1.29 is 23.5 Å². The van der Waals surface area contributed by atoms with Crippen LogP contribution >= 0.6 is 0 Å². The average molecular weight is 228 g/mol. The van der Waals surface area contributed by atoms with Gasteiger partial charge >= 0.3 is 5.97 Å². The number of halogens is 2. The molecule has 0 amide bonds. The Labute approximate surface area is 90.7 Å². The molecule has 1 aromatic rings. The van der Waals surface area contributed by atoms with Gasteiger partial charge in [0.1, 0.15) is 0 Å². The highest BCUT2D eigenvalue weighted by Gasteiger charge is 2.17. The normalized spacial score (nSPS) is 12.2. The number of Topliss-reactive ketones (excluding diaryl/α,β-unsaturated/α-hetero) is 1. The molecule has 1 aromatic carbocycles. The third kappa shape index (κ3) is 2.85. The number of hydrogen-bond acceptors (Lipinski definition) is 2. The van der Waals surface area contributed by atoms with E-state index in [1.807, 2.05) is 0 Å². The van der Waals surface area contributed by atoms with E-state index in [9.17, 15) is 18.4 Å². The van der Waals surface area contributed by atoms with Crippen molar-refractivity contribution >= 4 is 11.8 Å². The van der Waals surface area contributed by atoms with Gasteiger partial charge in [-0.2, -0.15) is 0 Å². The summed E-state index contributed by atoms with van der Waals surface area (Å²) in [7, 11) is 0. The standard InChI is InChI=1S/C11H10F2O3/c1-6(11(15)16)4-10(14)7-2-3-8(12)9(13)5-7/h2-3,5-6H,4H2,1H3,(H,15,16)/t6-/m0/s1. The Morgan fingerprint density at radius 3 is 2.44 bits per heavy atom. The van der Waals surface area contributed by atoms with Gasteiger partial charge in [-0.25, -0.2) is 8.78 Å². The molecule has 5 heteroatoms. The molecule has 0 aromatic heterocycles. The van der Waals surface area contributed by atoms with E-state index in [1.165, 1.54) is 6.92 Å². The molecule has 0 aliphatic carbocycles. The maximum Gasteiger partial charge on any atom is 0.306 e. The highest BCUT2D eigenvalue weighted by Crippen LogP contribution is 2.13. The molecular formula is C11H10F2O3. The number of carbonyl (C=O) groups is 2. The SMILES string of the molecule is C[C@@H](CC(=O)c1ccc(F)c(F)c1)C(=O)O. The molecule has 3 nitrogen and oxygen atoms in total. The van der Waals surface area contributed by atoms with E-state index in [4.69, 9.17) is 5.11 Å². The average Bonchev–Trinajstić information content (AvgIpc) is 2.21. The highest BCUT2D eigenvalue weighted by atomic mass is 19.2. The van der Waals surface area contributed by atoms with E-state index >= 15 is 0 Å². The quantitative estimate of drug-likeness (QED) is 0.804. The van der Waals surface area contributed by atoms with E-state index < -0.39 is 29.3 Å². The summed E-state index contributed by atoms with van der Waals surface area (Å²) in [6, 6.07) is 2.75. The third-order valence-corrected chi connectivity index (χ3v) is 2.15. The van der Waals surface area contributed by atoms with Crippen LogP contribution in [0.15, 0.2) is 18.2 Å². The lowest BCUT2D eigenvalue weighted by Gasteiger charge is -2.05. The molecule has 0 radical (unpaired) electrons. The maximum absolute atomic E-state index is 12.8. The molecule has 0 aliphatic heterocycles. The molecule has 0 aliphatic rings. The second-order valence-electron chi connectivity index (χ2n) is 3.50. The Morgan fingerprint density at radius 2 is 1.94 bits per heavy atom. The molecule has 0 fully saturated rings. The number of rotatable bonds is 4. The van der Waals surface area contributed by atoms with E-state index in [2.05, 4.69) is 0 Å². The lowest BCUT2D eigenvalue weighted by molar-refractivity contribution is -0.141. The van der Waals surface area contributed by atoms with Gasteiger partial charge in [0.05, 0.1) is 5.92 Å². The van der Waals surface area contributed by atoms with Gasteiger partial charge < -0.3 is 5.11 Å². The van der Waals surface area contributed by atoms with Crippen molar-refractivity contribution in [2.45, 2.75) is 13.3 Å². The van der Waals surface area contributed by atoms with E-state index in [0.29, 0.717) is 0 Å². The van der Waals surface area contributed by atoms with Crippen LogP contribution in [-0.4, -0.2) is 16.9 Å². The van der Waals surface area contributed by atoms with Crippen LogP contribution in [0.1, 0.15) is 23.7 Å². The highest BCUT2D eigenvalue weighted by molar-refractivity contribution is 5.97. The van der Waals surface area contributed by atoms with Crippen molar-refractivity contribution in [2.75, 3.05) is 0 Å². The van der Waals surface area contributed by atoms with Gasteiger partial charge in [0.2, 0.25) is 0 Å². The molecule has 86 valence electrons. The predicted octanol–water partition coefficient (Wildman–Crippen LogP) is 2.26. The molecule has 16 heavy (non-hydrogen) atoms. The molecule has 1 atom stereocenters.